The van der Waals surface area contributed by atoms with E-state index in [1.54, 1.807) is 13.8 Å². The molecule has 0 radical (unpaired) electrons. The summed E-state index contributed by atoms with van der Waals surface area (Å²) in [6.45, 7) is 10.2. The van der Waals surface area contributed by atoms with Crippen molar-refractivity contribution in [3.05, 3.63) is 16.5 Å². The zero-order valence-corrected chi connectivity index (χ0v) is 14.7. The number of rotatable bonds is 6. The first-order chi connectivity index (χ1) is 9.57. The average Bonchev–Trinajstić information content (AvgIpc) is 2.32. The van der Waals surface area contributed by atoms with Crippen molar-refractivity contribution in [1.82, 2.24) is 14.7 Å². The summed E-state index contributed by atoms with van der Waals surface area (Å²) in [5.74, 6) is 1.17. The number of sulfonamides is 1. The zero-order chi connectivity index (χ0) is 16.3. The number of hydrogen-bond donors (Lipinski definition) is 2. The third-order valence-electron chi connectivity index (χ3n) is 2.78. The Hall–Kier alpha value is -0.920. The number of anilines is 1. The zero-order valence-electron chi connectivity index (χ0n) is 13.1. The third kappa shape index (κ3) is 5.41. The van der Waals surface area contributed by atoms with Gasteiger partial charge in [0.05, 0.1) is 5.75 Å². The topological polar surface area (TPSA) is 84.0 Å². The summed E-state index contributed by atoms with van der Waals surface area (Å²) in [7, 11) is -3.25. The SMILES string of the molecule is CCNS(=O)(=O)CCNc1nc(C(C)(C)C)nc(Cl)c1C. The van der Waals surface area contributed by atoms with Crippen LogP contribution < -0.4 is 10.0 Å². The molecule has 21 heavy (non-hydrogen) atoms. The number of hydrogen-bond acceptors (Lipinski definition) is 5. The summed E-state index contributed by atoms with van der Waals surface area (Å²) in [5.41, 5.74) is 0.481. The van der Waals surface area contributed by atoms with Crippen LogP contribution in [0.4, 0.5) is 5.82 Å². The standard InChI is InChI=1S/C13H23ClN4O2S/c1-6-16-21(19,20)8-7-15-11-9(2)10(14)17-12(18-11)13(3,4)5/h16H,6-8H2,1-5H3,(H,15,17,18). The van der Waals surface area contributed by atoms with Crippen LogP contribution in [0.2, 0.25) is 5.15 Å². The molecule has 1 heterocycles. The molecule has 6 nitrogen and oxygen atoms in total. The van der Waals surface area contributed by atoms with E-state index >= 15 is 0 Å². The van der Waals surface area contributed by atoms with E-state index in [0.29, 0.717) is 28.9 Å². The minimum absolute atomic E-state index is 0.0211. The molecule has 0 fully saturated rings. The quantitative estimate of drug-likeness (QED) is 0.778. The highest BCUT2D eigenvalue weighted by atomic mass is 35.5. The molecular weight excluding hydrogens is 312 g/mol. The van der Waals surface area contributed by atoms with Gasteiger partial charge in [0.2, 0.25) is 10.0 Å². The molecule has 2 N–H and O–H groups in total. The molecule has 0 atom stereocenters. The minimum atomic E-state index is -3.25. The van der Waals surface area contributed by atoms with E-state index in [4.69, 9.17) is 11.6 Å². The normalized spacial score (nSPS) is 12.5. The van der Waals surface area contributed by atoms with Crippen molar-refractivity contribution in [2.24, 2.45) is 0 Å². The lowest BCUT2D eigenvalue weighted by Gasteiger charge is -2.19. The Morgan fingerprint density at radius 3 is 2.38 bits per heavy atom. The lowest BCUT2D eigenvalue weighted by molar-refractivity contribution is 0.545. The second-order valence-corrected chi connectivity index (χ2v) is 8.09. The summed E-state index contributed by atoms with van der Waals surface area (Å²) < 4.78 is 25.6. The molecule has 0 saturated carbocycles. The Morgan fingerprint density at radius 2 is 1.86 bits per heavy atom. The van der Waals surface area contributed by atoms with Gasteiger partial charge in [-0.05, 0) is 6.92 Å². The Kier molecular flexibility index (Phi) is 5.95. The molecule has 0 aliphatic rings. The minimum Gasteiger partial charge on any atom is -0.369 e. The van der Waals surface area contributed by atoms with E-state index in [9.17, 15) is 8.42 Å². The van der Waals surface area contributed by atoms with Crippen LogP contribution in [-0.4, -0.2) is 37.2 Å². The first-order valence-electron chi connectivity index (χ1n) is 6.82. The highest BCUT2D eigenvalue weighted by Gasteiger charge is 2.20. The maximum absolute atomic E-state index is 11.6. The van der Waals surface area contributed by atoms with Gasteiger partial charge in [0.15, 0.2) is 0 Å². The van der Waals surface area contributed by atoms with Gasteiger partial charge in [0.25, 0.3) is 0 Å². The van der Waals surface area contributed by atoms with Gasteiger partial charge in [-0.1, -0.05) is 39.3 Å². The molecule has 0 aliphatic heterocycles. The van der Waals surface area contributed by atoms with Crippen molar-refractivity contribution in [3.8, 4) is 0 Å². The van der Waals surface area contributed by atoms with Crippen LogP contribution in [0.1, 0.15) is 39.1 Å². The van der Waals surface area contributed by atoms with Crippen LogP contribution in [-0.2, 0) is 15.4 Å². The predicted octanol–water partition coefficient (Wildman–Crippen LogP) is 2.09. The second kappa shape index (κ2) is 6.89. The average molecular weight is 335 g/mol. The van der Waals surface area contributed by atoms with E-state index in [1.165, 1.54) is 0 Å². The van der Waals surface area contributed by atoms with Crippen LogP contribution in [0, 0.1) is 6.92 Å². The number of nitrogens with zero attached hydrogens (tertiary/aromatic N) is 2. The van der Waals surface area contributed by atoms with Gasteiger partial charge in [0.1, 0.15) is 16.8 Å². The number of halogens is 1. The maximum atomic E-state index is 11.6. The summed E-state index contributed by atoms with van der Waals surface area (Å²) in [4.78, 5) is 8.72. The van der Waals surface area contributed by atoms with E-state index in [1.807, 2.05) is 20.8 Å². The molecule has 0 spiro atoms. The van der Waals surface area contributed by atoms with Gasteiger partial charge in [-0.25, -0.2) is 23.1 Å². The van der Waals surface area contributed by atoms with E-state index in [0.717, 1.165) is 0 Å². The van der Waals surface area contributed by atoms with Gasteiger partial charge in [-0.2, -0.15) is 0 Å². The highest BCUT2D eigenvalue weighted by molar-refractivity contribution is 7.89. The molecule has 0 amide bonds. The molecular formula is C13H23ClN4O2S. The molecule has 1 aromatic rings. The molecule has 8 heteroatoms. The molecule has 120 valence electrons. The Labute approximate surface area is 131 Å². The van der Waals surface area contributed by atoms with Crippen LogP contribution in [0.15, 0.2) is 0 Å². The van der Waals surface area contributed by atoms with Gasteiger partial charge in [0, 0.05) is 24.1 Å². The van der Waals surface area contributed by atoms with Crippen molar-refractivity contribution in [2.45, 2.75) is 40.0 Å². The van der Waals surface area contributed by atoms with Crippen LogP contribution in [0.3, 0.4) is 0 Å². The molecule has 0 saturated heterocycles. The fraction of sp³-hybridized carbons (Fsp3) is 0.692. The first kappa shape index (κ1) is 18.1. The van der Waals surface area contributed by atoms with Crippen LogP contribution >= 0.6 is 11.6 Å². The van der Waals surface area contributed by atoms with Crippen LogP contribution in [0.5, 0.6) is 0 Å². The maximum Gasteiger partial charge on any atom is 0.213 e. The van der Waals surface area contributed by atoms with Crippen molar-refractivity contribution < 1.29 is 8.42 Å². The molecule has 0 bridgehead atoms. The van der Waals surface area contributed by atoms with Crippen molar-refractivity contribution >= 4 is 27.4 Å². The Bertz CT molecular complexity index is 597. The first-order valence-corrected chi connectivity index (χ1v) is 8.85. The predicted molar refractivity (Wildman–Crippen MR) is 86.4 cm³/mol. The summed E-state index contributed by atoms with van der Waals surface area (Å²) in [6, 6.07) is 0. The van der Waals surface area contributed by atoms with E-state index in [-0.39, 0.29) is 17.7 Å². The van der Waals surface area contributed by atoms with Crippen molar-refractivity contribution in [1.29, 1.82) is 0 Å². The molecule has 0 aliphatic carbocycles. The van der Waals surface area contributed by atoms with Crippen molar-refractivity contribution in [3.63, 3.8) is 0 Å². The van der Waals surface area contributed by atoms with Crippen molar-refractivity contribution in [2.75, 3.05) is 24.2 Å². The summed E-state index contributed by atoms with van der Waals surface area (Å²) in [6.07, 6.45) is 0. The van der Waals surface area contributed by atoms with E-state index in [2.05, 4.69) is 20.0 Å². The lowest BCUT2D eigenvalue weighted by Crippen LogP contribution is -2.29. The fourth-order valence-corrected chi connectivity index (χ4v) is 2.72. The Balaban J connectivity index is 2.87. The smallest absolute Gasteiger partial charge is 0.213 e. The largest absolute Gasteiger partial charge is 0.369 e. The Morgan fingerprint density at radius 1 is 1.24 bits per heavy atom. The lowest BCUT2D eigenvalue weighted by atomic mass is 9.95. The van der Waals surface area contributed by atoms with Gasteiger partial charge < -0.3 is 5.32 Å². The highest BCUT2D eigenvalue weighted by Crippen LogP contribution is 2.25. The van der Waals surface area contributed by atoms with Crippen LogP contribution in [0.25, 0.3) is 0 Å². The summed E-state index contributed by atoms with van der Waals surface area (Å²) in [5, 5.41) is 3.41. The molecule has 1 rings (SSSR count). The number of nitrogens with one attached hydrogen (secondary N) is 2. The van der Waals surface area contributed by atoms with Gasteiger partial charge in [-0.3, -0.25) is 0 Å². The summed E-state index contributed by atoms with van der Waals surface area (Å²) >= 11 is 6.12. The molecule has 0 unspecified atom stereocenters. The van der Waals surface area contributed by atoms with E-state index < -0.39 is 10.0 Å². The second-order valence-electron chi connectivity index (χ2n) is 5.81. The van der Waals surface area contributed by atoms with Gasteiger partial charge in [-0.15, -0.1) is 0 Å². The molecule has 1 aromatic heterocycles. The molecule has 0 aromatic carbocycles. The number of aromatic nitrogens is 2. The fourth-order valence-electron chi connectivity index (χ4n) is 1.59. The monoisotopic (exact) mass is 334 g/mol. The van der Waals surface area contributed by atoms with Gasteiger partial charge >= 0.3 is 0 Å². The third-order valence-corrected chi connectivity index (χ3v) is 4.62.